The summed E-state index contributed by atoms with van der Waals surface area (Å²) in [5.41, 5.74) is 0.853. The zero-order chi connectivity index (χ0) is 13.5. The average Bonchev–Trinajstić information content (AvgIpc) is 2.27. The molecular weight excluding hydrogens is 228 g/mol. The zero-order valence-electron chi connectivity index (χ0n) is 11.5. The van der Waals surface area contributed by atoms with Gasteiger partial charge in [0.2, 0.25) is 6.20 Å². The van der Waals surface area contributed by atoms with E-state index in [9.17, 15) is 5.21 Å². The van der Waals surface area contributed by atoms with Crippen LogP contribution in [0.15, 0.2) is 24.5 Å². The highest BCUT2D eigenvalue weighted by Gasteiger charge is 2.04. The van der Waals surface area contributed by atoms with Crippen molar-refractivity contribution in [2.75, 3.05) is 7.05 Å². The van der Waals surface area contributed by atoms with Gasteiger partial charge in [-0.2, -0.15) is 4.73 Å². The van der Waals surface area contributed by atoms with Gasteiger partial charge >= 0.3 is 0 Å². The molecule has 0 saturated carbocycles. The molecule has 1 rings (SSSR count). The van der Waals surface area contributed by atoms with Gasteiger partial charge in [0, 0.05) is 11.6 Å². The molecule has 0 aromatic carbocycles. The quantitative estimate of drug-likeness (QED) is 0.621. The van der Waals surface area contributed by atoms with E-state index in [1.165, 1.54) is 12.4 Å². The van der Waals surface area contributed by atoms with Crippen molar-refractivity contribution in [3.8, 4) is 5.75 Å². The van der Waals surface area contributed by atoms with Crippen LogP contribution >= 0.6 is 0 Å². The molecule has 4 heteroatoms. The molecule has 100 valence electrons. The lowest BCUT2D eigenvalue weighted by Crippen LogP contribution is -2.25. The lowest BCUT2D eigenvalue weighted by molar-refractivity contribution is -0.606. The predicted octanol–water partition coefficient (Wildman–Crippen LogP) is 2.12. The van der Waals surface area contributed by atoms with Crippen LogP contribution in [0, 0.1) is 5.21 Å². The average molecular weight is 250 g/mol. The van der Waals surface area contributed by atoms with Gasteiger partial charge in [-0.25, -0.2) is 0 Å². The molecule has 1 N–H and O–H groups in total. The molecule has 0 bridgehead atoms. The van der Waals surface area contributed by atoms with Gasteiger partial charge in [0.05, 0.1) is 6.10 Å². The Kier molecular flexibility index (Phi) is 5.65. The van der Waals surface area contributed by atoms with Gasteiger partial charge in [0.1, 0.15) is 0 Å². The van der Waals surface area contributed by atoms with Gasteiger partial charge in [-0.3, -0.25) is 0 Å². The van der Waals surface area contributed by atoms with E-state index in [1.54, 1.807) is 0 Å². The van der Waals surface area contributed by atoms with Crippen molar-refractivity contribution in [1.29, 1.82) is 0 Å². The highest BCUT2D eigenvalue weighted by atomic mass is 16.5. The van der Waals surface area contributed by atoms with Crippen LogP contribution in [0.1, 0.15) is 32.8 Å². The Morgan fingerprint density at radius 3 is 2.72 bits per heavy atom. The molecule has 1 aromatic heterocycles. The van der Waals surface area contributed by atoms with Crippen LogP contribution in [0.2, 0.25) is 0 Å². The number of aromatic nitrogens is 1. The maximum atomic E-state index is 11.4. The predicted molar refractivity (Wildman–Crippen MR) is 73.3 cm³/mol. The van der Waals surface area contributed by atoms with Crippen LogP contribution < -0.4 is 14.8 Å². The monoisotopic (exact) mass is 250 g/mol. The Morgan fingerprint density at radius 2 is 2.11 bits per heavy atom. The fourth-order valence-corrected chi connectivity index (χ4v) is 1.50. The van der Waals surface area contributed by atoms with Crippen molar-refractivity contribution in [2.45, 2.75) is 39.3 Å². The highest BCUT2D eigenvalue weighted by molar-refractivity contribution is 5.49. The molecule has 0 saturated heterocycles. The van der Waals surface area contributed by atoms with E-state index in [0.717, 1.165) is 16.7 Å². The first-order valence-corrected chi connectivity index (χ1v) is 6.25. The summed E-state index contributed by atoms with van der Waals surface area (Å²) < 4.78 is 6.29. The summed E-state index contributed by atoms with van der Waals surface area (Å²) in [5, 5.41) is 14.6. The standard InChI is InChI=1S/C14H22N2O2/c1-11(2)18-14-8-13(9-16(17)10-14)7-5-6-12(3)15-4/h5,7-12,15H,6H2,1-4H3/b7-5+/t12-/m0/s1. The lowest BCUT2D eigenvalue weighted by atomic mass is 10.2. The van der Waals surface area contributed by atoms with Gasteiger partial charge in [0.15, 0.2) is 11.9 Å². The van der Waals surface area contributed by atoms with E-state index < -0.39 is 0 Å². The molecule has 0 amide bonds. The summed E-state index contributed by atoms with van der Waals surface area (Å²) in [6.45, 7) is 5.98. The topological polar surface area (TPSA) is 48.2 Å². The third-order valence-corrected chi connectivity index (χ3v) is 2.50. The second kappa shape index (κ2) is 7.01. The number of nitrogens with one attached hydrogen (secondary N) is 1. The maximum absolute atomic E-state index is 11.4. The van der Waals surface area contributed by atoms with Gasteiger partial charge < -0.3 is 15.3 Å². The van der Waals surface area contributed by atoms with Gasteiger partial charge in [0.25, 0.3) is 0 Å². The minimum atomic E-state index is 0.0635. The molecule has 0 aliphatic carbocycles. The molecular formula is C14H22N2O2. The molecule has 1 heterocycles. The second-order valence-corrected chi connectivity index (χ2v) is 4.66. The maximum Gasteiger partial charge on any atom is 0.222 e. The molecule has 4 nitrogen and oxygen atoms in total. The van der Waals surface area contributed by atoms with Crippen LogP contribution in [0.5, 0.6) is 5.75 Å². The fourth-order valence-electron chi connectivity index (χ4n) is 1.50. The number of rotatable bonds is 6. The van der Waals surface area contributed by atoms with E-state index in [0.29, 0.717) is 11.8 Å². The highest BCUT2D eigenvalue weighted by Crippen LogP contribution is 2.13. The summed E-state index contributed by atoms with van der Waals surface area (Å²) in [6.07, 6.45) is 7.95. The summed E-state index contributed by atoms with van der Waals surface area (Å²) in [6, 6.07) is 2.30. The first kappa shape index (κ1) is 14.5. The van der Waals surface area contributed by atoms with E-state index in [4.69, 9.17) is 4.74 Å². The van der Waals surface area contributed by atoms with Gasteiger partial charge in [-0.15, -0.1) is 0 Å². The van der Waals surface area contributed by atoms with Crippen LogP contribution in [0.4, 0.5) is 0 Å². The third-order valence-electron chi connectivity index (χ3n) is 2.50. The number of pyridine rings is 1. The van der Waals surface area contributed by atoms with E-state index >= 15 is 0 Å². The Morgan fingerprint density at radius 1 is 1.39 bits per heavy atom. The molecule has 0 radical (unpaired) electrons. The van der Waals surface area contributed by atoms with Crippen molar-refractivity contribution in [1.82, 2.24) is 5.32 Å². The first-order valence-electron chi connectivity index (χ1n) is 6.25. The molecule has 0 aliphatic heterocycles. The Balaban J connectivity index is 2.73. The number of nitrogens with zero attached hydrogens (tertiary/aromatic N) is 1. The van der Waals surface area contributed by atoms with Crippen molar-refractivity contribution in [3.05, 3.63) is 35.3 Å². The Hall–Kier alpha value is -1.55. The summed E-state index contributed by atoms with van der Waals surface area (Å²) >= 11 is 0. The van der Waals surface area contributed by atoms with Crippen molar-refractivity contribution in [2.24, 2.45) is 0 Å². The molecule has 0 spiro atoms. The normalized spacial score (nSPS) is 13.2. The van der Waals surface area contributed by atoms with Crippen LogP contribution in [-0.2, 0) is 0 Å². The zero-order valence-corrected chi connectivity index (χ0v) is 11.5. The third kappa shape index (κ3) is 5.19. The summed E-state index contributed by atoms with van der Waals surface area (Å²) in [7, 11) is 1.93. The van der Waals surface area contributed by atoms with Crippen LogP contribution in [0.3, 0.4) is 0 Å². The van der Waals surface area contributed by atoms with Crippen molar-refractivity contribution in [3.63, 3.8) is 0 Å². The molecule has 0 aliphatic rings. The number of ether oxygens (including phenoxy) is 1. The van der Waals surface area contributed by atoms with Crippen LogP contribution in [0.25, 0.3) is 6.08 Å². The smallest absolute Gasteiger partial charge is 0.222 e. The Labute approximate surface area is 109 Å². The van der Waals surface area contributed by atoms with E-state index in [1.807, 2.05) is 33.0 Å². The molecule has 18 heavy (non-hydrogen) atoms. The molecule has 0 fully saturated rings. The van der Waals surface area contributed by atoms with Gasteiger partial charge in [-0.1, -0.05) is 12.2 Å². The minimum Gasteiger partial charge on any atom is -0.619 e. The SMILES string of the molecule is CN[C@@H](C)C/C=C/c1cc(OC(C)C)c[n+]([O-])c1. The fraction of sp³-hybridized carbons (Fsp3) is 0.500. The molecule has 0 unspecified atom stereocenters. The first-order chi connectivity index (χ1) is 8.51. The number of hydrogen-bond donors (Lipinski definition) is 1. The van der Waals surface area contributed by atoms with E-state index in [-0.39, 0.29) is 6.10 Å². The van der Waals surface area contributed by atoms with Crippen LogP contribution in [-0.4, -0.2) is 19.2 Å². The largest absolute Gasteiger partial charge is 0.619 e. The lowest BCUT2D eigenvalue weighted by Gasteiger charge is -2.09. The second-order valence-electron chi connectivity index (χ2n) is 4.66. The molecule has 1 atom stereocenters. The van der Waals surface area contributed by atoms with Crippen molar-refractivity contribution < 1.29 is 9.47 Å². The molecule has 1 aromatic rings. The van der Waals surface area contributed by atoms with Gasteiger partial charge in [-0.05, 0) is 40.3 Å². The number of hydrogen-bond acceptors (Lipinski definition) is 3. The van der Waals surface area contributed by atoms with E-state index in [2.05, 4.69) is 18.3 Å². The minimum absolute atomic E-state index is 0.0635. The van der Waals surface area contributed by atoms with Crippen molar-refractivity contribution >= 4 is 6.08 Å². The Bertz CT molecular complexity index is 403. The summed E-state index contributed by atoms with van der Waals surface area (Å²) in [4.78, 5) is 0. The summed E-state index contributed by atoms with van der Waals surface area (Å²) in [5.74, 6) is 0.601.